The van der Waals surface area contributed by atoms with Gasteiger partial charge in [-0.25, -0.2) is 14.8 Å². The Balaban J connectivity index is 1.66. The van der Waals surface area contributed by atoms with E-state index in [1.165, 1.54) is 0 Å². The largest absolute Gasteiger partial charge is 0.444 e. The highest BCUT2D eigenvalue weighted by Crippen LogP contribution is 2.37. The monoisotopic (exact) mass is 373 g/mol. The summed E-state index contributed by atoms with van der Waals surface area (Å²) in [6, 6.07) is 2.29. The number of hydrogen-bond acceptors (Lipinski definition) is 5. The van der Waals surface area contributed by atoms with Gasteiger partial charge in [0.15, 0.2) is 0 Å². The number of nitrogens with one attached hydrogen (secondary N) is 1. The second-order valence-electron chi connectivity index (χ2n) is 9.06. The van der Waals surface area contributed by atoms with E-state index in [-0.39, 0.29) is 17.6 Å². The van der Waals surface area contributed by atoms with Gasteiger partial charge in [-0.3, -0.25) is 0 Å². The molecule has 1 aliphatic heterocycles. The van der Waals surface area contributed by atoms with Crippen molar-refractivity contribution in [1.29, 1.82) is 0 Å². The fourth-order valence-corrected chi connectivity index (χ4v) is 3.87. The molecule has 7 nitrogen and oxygen atoms in total. The fourth-order valence-electron chi connectivity index (χ4n) is 3.87. The highest BCUT2D eigenvalue weighted by Gasteiger charge is 2.39. The first kappa shape index (κ1) is 19.5. The van der Waals surface area contributed by atoms with Crippen LogP contribution in [0.2, 0.25) is 0 Å². The van der Waals surface area contributed by atoms with E-state index in [1.807, 2.05) is 37.9 Å². The molecule has 0 aromatic carbocycles. The van der Waals surface area contributed by atoms with Crippen molar-refractivity contribution in [1.82, 2.24) is 19.9 Å². The second-order valence-corrected chi connectivity index (χ2v) is 9.06. The zero-order valence-corrected chi connectivity index (χ0v) is 17.2. The molecular formula is C20H31N5O2. The Morgan fingerprint density at radius 2 is 2.19 bits per heavy atom. The van der Waals surface area contributed by atoms with Gasteiger partial charge in [-0.15, -0.1) is 0 Å². The molecule has 0 radical (unpaired) electrons. The molecule has 1 N–H and O–H groups in total. The standard InChI is InChI=1S/C20H31N5O2/c1-14(24(6)17-15-7-9-21-16(15)22-13-23-17)11-20(5)8-10-25(12-20)18(26)27-19(2,3)4/h7,9,13-14H,8,10-12H2,1-6H3,(H,21,22,23). The van der Waals surface area contributed by atoms with Gasteiger partial charge in [-0.2, -0.15) is 0 Å². The Morgan fingerprint density at radius 3 is 2.89 bits per heavy atom. The number of ether oxygens (including phenoxy) is 1. The predicted molar refractivity (Wildman–Crippen MR) is 107 cm³/mol. The lowest BCUT2D eigenvalue weighted by molar-refractivity contribution is 0.0273. The third kappa shape index (κ3) is 4.34. The van der Waals surface area contributed by atoms with Crippen LogP contribution in [0.25, 0.3) is 11.0 Å². The number of H-pyrrole nitrogens is 1. The summed E-state index contributed by atoms with van der Waals surface area (Å²) < 4.78 is 5.53. The lowest BCUT2D eigenvalue weighted by atomic mass is 9.83. The maximum Gasteiger partial charge on any atom is 0.410 e. The fraction of sp³-hybridized carbons (Fsp3) is 0.650. The van der Waals surface area contributed by atoms with Gasteiger partial charge >= 0.3 is 6.09 Å². The Bertz CT molecular complexity index is 812. The van der Waals surface area contributed by atoms with E-state index < -0.39 is 5.60 Å². The van der Waals surface area contributed by atoms with Crippen LogP contribution in [0.3, 0.4) is 0 Å². The van der Waals surface area contributed by atoms with Crippen molar-refractivity contribution in [3.05, 3.63) is 18.6 Å². The molecule has 2 aromatic heterocycles. The number of nitrogens with zero attached hydrogens (tertiary/aromatic N) is 4. The molecule has 0 saturated carbocycles. The minimum Gasteiger partial charge on any atom is -0.444 e. The molecule has 2 aromatic rings. The SMILES string of the molecule is CC(CC1(C)CCN(C(=O)OC(C)(C)C)C1)N(C)c1ncnc2[nH]ccc12. The van der Waals surface area contributed by atoms with Crippen LogP contribution in [0.5, 0.6) is 0 Å². The summed E-state index contributed by atoms with van der Waals surface area (Å²) in [5.41, 5.74) is 0.454. The number of likely N-dealkylation sites (tertiary alicyclic amines) is 1. The van der Waals surface area contributed by atoms with Crippen LogP contribution in [0.15, 0.2) is 18.6 Å². The van der Waals surface area contributed by atoms with Crippen molar-refractivity contribution >= 4 is 22.9 Å². The molecule has 1 saturated heterocycles. The minimum absolute atomic E-state index is 0.0644. The van der Waals surface area contributed by atoms with Gasteiger partial charge in [0.05, 0.1) is 5.39 Å². The number of carbonyl (C=O) groups excluding carboxylic acids is 1. The van der Waals surface area contributed by atoms with Crippen molar-refractivity contribution in [2.75, 3.05) is 25.0 Å². The lowest BCUT2D eigenvalue weighted by Gasteiger charge is -2.33. The Hall–Kier alpha value is -2.31. The van der Waals surface area contributed by atoms with Crippen LogP contribution in [-0.2, 0) is 4.74 Å². The van der Waals surface area contributed by atoms with E-state index in [4.69, 9.17) is 4.74 Å². The molecule has 3 heterocycles. The van der Waals surface area contributed by atoms with E-state index in [1.54, 1.807) is 6.33 Å². The highest BCUT2D eigenvalue weighted by molar-refractivity contribution is 5.87. The quantitative estimate of drug-likeness (QED) is 0.882. The van der Waals surface area contributed by atoms with E-state index in [0.29, 0.717) is 0 Å². The van der Waals surface area contributed by atoms with Crippen LogP contribution >= 0.6 is 0 Å². The molecule has 1 fully saturated rings. The molecule has 27 heavy (non-hydrogen) atoms. The molecule has 1 amide bonds. The van der Waals surface area contributed by atoms with Crippen molar-refractivity contribution in [2.24, 2.45) is 5.41 Å². The number of anilines is 1. The van der Waals surface area contributed by atoms with Crippen molar-refractivity contribution in [2.45, 2.75) is 59.1 Å². The van der Waals surface area contributed by atoms with Crippen molar-refractivity contribution in [3.63, 3.8) is 0 Å². The van der Waals surface area contributed by atoms with Crippen LogP contribution < -0.4 is 4.90 Å². The molecule has 2 atom stereocenters. The average molecular weight is 374 g/mol. The Kier molecular flexibility index (Phi) is 5.06. The summed E-state index contributed by atoms with van der Waals surface area (Å²) in [5.74, 6) is 0.930. The summed E-state index contributed by atoms with van der Waals surface area (Å²) in [4.78, 5) is 28.3. The number of fused-ring (bicyclic) bond motifs is 1. The first-order valence-corrected chi connectivity index (χ1v) is 9.57. The zero-order chi connectivity index (χ0) is 19.8. The van der Waals surface area contributed by atoms with Gasteiger partial charge in [0.25, 0.3) is 0 Å². The summed E-state index contributed by atoms with van der Waals surface area (Å²) in [6.45, 7) is 11.7. The maximum atomic E-state index is 12.4. The summed E-state index contributed by atoms with van der Waals surface area (Å²) >= 11 is 0. The minimum atomic E-state index is -0.460. The third-order valence-electron chi connectivity index (χ3n) is 5.33. The summed E-state index contributed by atoms with van der Waals surface area (Å²) in [7, 11) is 2.07. The predicted octanol–water partition coefficient (Wildman–Crippen LogP) is 3.82. The van der Waals surface area contributed by atoms with E-state index >= 15 is 0 Å². The van der Waals surface area contributed by atoms with Crippen LogP contribution in [0.4, 0.5) is 10.6 Å². The number of carbonyl (C=O) groups is 1. The second kappa shape index (κ2) is 7.02. The first-order valence-electron chi connectivity index (χ1n) is 9.57. The van der Waals surface area contributed by atoms with E-state index in [9.17, 15) is 4.79 Å². The van der Waals surface area contributed by atoms with Crippen molar-refractivity contribution in [3.8, 4) is 0 Å². The molecule has 0 spiro atoms. The van der Waals surface area contributed by atoms with Gasteiger partial charge in [0, 0.05) is 32.4 Å². The summed E-state index contributed by atoms with van der Waals surface area (Å²) in [6.07, 6.45) is 5.22. The van der Waals surface area contributed by atoms with Gasteiger partial charge in [0.1, 0.15) is 23.4 Å². The molecule has 0 aliphatic carbocycles. The average Bonchev–Trinajstić information content (AvgIpc) is 3.19. The molecule has 1 aliphatic rings. The van der Waals surface area contributed by atoms with Crippen molar-refractivity contribution < 1.29 is 9.53 Å². The number of aromatic amines is 1. The zero-order valence-electron chi connectivity index (χ0n) is 17.2. The lowest BCUT2D eigenvalue weighted by Crippen LogP contribution is -2.39. The number of rotatable bonds is 4. The highest BCUT2D eigenvalue weighted by atomic mass is 16.6. The van der Waals surface area contributed by atoms with Gasteiger partial charge in [-0.05, 0) is 52.0 Å². The van der Waals surface area contributed by atoms with Gasteiger partial charge in [-0.1, -0.05) is 6.92 Å². The Morgan fingerprint density at radius 1 is 1.44 bits per heavy atom. The van der Waals surface area contributed by atoms with Crippen LogP contribution in [0, 0.1) is 5.41 Å². The smallest absolute Gasteiger partial charge is 0.410 e. The maximum absolute atomic E-state index is 12.4. The number of hydrogen-bond donors (Lipinski definition) is 1. The summed E-state index contributed by atoms with van der Waals surface area (Å²) in [5, 5.41) is 1.03. The molecule has 148 valence electrons. The molecule has 2 unspecified atom stereocenters. The molecule has 0 bridgehead atoms. The topological polar surface area (TPSA) is 74.3 Å². The van der Waals surface area contributed by atoms with E-state index in [2.05, 4.69) is 40.7 Å². The molecule has 7 heteroatoms. The third-order valence-corrected chi connectivity index (χ3v) is 5.33. The molecule has 3 rings (SSSR count). The van der Waals surface area contributed by atoms with Gasteiger partial charge < -0.3 is 19.5 Å². The Labute approximate surface area is 161 Å². The van der Waals surface area contributed by atoms with E-state index in [0.717, 1.165) is 42.8 Å². The number of aromatic nitrogens is 3. The van der Waals surface area contributed by atoms with Crippen LogP contribution in [0.1, 0.15) is 47.5 Å². The van der Waals surface area contributed by atoms with Crippen LogP contribution in [-0.4, -0.2) is 57.7 Å². The first-order chi connectivity index (χ1) is 12.6. The normalized spacial score (nSPS) is 21.5. The van der Waals surface area contributed by atoms with Gasteiger partial charge in [0.2, 0.25) is 0 Å². The molecular weight excluding hydrogens is 342 g/mol. The number of amides is 1.